The molecule has 1 aromatic carbocycles. The van der Waals surface area contributed by atoms with Gasteiger partial charge in [-0.3, -0.25) is 4.79 Å². The predicted molar refractivity (Wildman–Crippen MR) is 98.4 cm³/mol. The molecule has 0 saturated carbocycles. The first kappa shape index (κ1) is 20.5. The van der Waals surface area contributed by atoms with E-state index >= 15 is 0 Å². The van der Waals surface area contributed by atoms with Gasteiger partial charge in [0, 0.05) is 5.69 Å². The van der Waals surface area contributed by atoms with Crippen molar-refractivity contribution in [1.82, 2.24) is 4.98 Å². The van der Waals surface area contributed by atoms with Gasteiger partial charge in [0.2, 0.25) is 5.78 Å². The van der Waals surface area contributed by atoms with Crippen LogP contribution in [0.2, 0.25) is 5.02 Å². The zero-order valence-electron chi connectivity index (χ0n) is 15.4. The van der Waals surface area contributed by atoms with Gasteiger partial charge in [0.25, 0.3) is 0 Å². The van der Waals surface area contributed by atoms with Crippen LogP contribution in [0.1, 0.15) is 39.0 Å². The molecule has 0 bridgehead atoms. The molecule has 27 heavy (non-hydrogen) atoms. The molecule has 1 aromatic heterocycles. The van der Waals surface area contributed by atoms with E-state index in [0.29, 0.717) is 27.6 Å². The van der Waals surface area contributed by atoms with Gasteiger partial charge < -0.3 is 19.2 Å². The van der Waals surface area contributed by atoms with Crippen molar-refractivity contribution < 1.29 is 28.6 Å². The number of benzene rings is 1. The summed E-state index contributed by atoms with van der Waals surface area (Å²) in [5.74, 6) is -1.38. The zero-order chi connectivity index (χ0) is 20.1. The average molecular weight is 394 g/mol. The van der Waals surface area contributed by atoms with Crippen molar-refractivity contribution in [3.63, 3.8) is 0 Å². The highest BCUT2D eigenvalue weighted by molar-refractivity contribution is 6.32. The number of carbonyl (C=O) groups excluding carboxylic acids is 3. The Morgan fingerprint density at radius 1 is 1.19 bits per heavy atom. The molecule has 2 rings (SSSR count). The van der Waals surface area contributed by atoms with E-state index in [9.17, 15) is 14.4 Å². The maximum Gasteiger partial charge on any atom is 0.344 e. The van der Waals surface area contributed by atoms with E-state index in [-0.39, 0.29) is 5.69 Å². The molecule has 8 heteroatoms. The average Bonchev–Trinajstić information content (AvgIpc) is 2.94. The number of ether oxygens (including phenoxy) is 3. The monoisotopic (exact) mass is 393 g/mol. The van der Waals surface area contributed by atoms with Crippen LogP contribution in [0.15, 0.2) is 24.3 Å². The van der Waals surface area contributed by atoms with Gasteiger partial charge in [0.1, 0.15) is 5.75 Å². The lowest BCUT2D eigenvalue weighted by Gasteiger charge is -2.13. The van der Waals surface area contributed by atoms with Crippen LogP contribution in [0.5, 0.6) is 5.75 Å². The molecule has 0 aliphatic rings. The highest BCUT2D eigenvalue weighted by Gasteiger charge is 2.27. The van der Waals surface area contributed by atoms with Gasteiger partial charge in [-0.05, 0) is 38.5 Å². The Labute approximate surface area is 161 Å². The van der Waals surface area contributed by atoms with Crippen molar-refractivity contribution >= 4 is 29.3 Å². The van der Waals surface area contributed by atoms with E-state index in [4.69, 9.17) is 25.8 Å². The molecule has 0 unspecified atom stereocenters. The summed E-state index contributed by atoms with van der Waals surface area (Å²) >= 11 is 5.94. The maximum atomic E-state index is 12.6. The molecule has 0 saturated heterocycles. The number of aromatic amines is 1. The standard InChI is InChI=1S/C19H20ClNO6/c1-10-16(19(24)25-4)11(2)21-17(10)18(23)12(3)27-15(22)9-26-14-8-6-5-7-13(14)20/h5-8,12,21H,9H2,1-4H3/t12-/m0/s1. The second kappa shape index (κ2) is 8.73. The third-order valence-electron chi connectivity index (χ3n) is 3.93. The lowest BCUT2D eigenvalue weighted by Crippen LogP contribution is -2.28. The normalized spacial score (nSPS) is 11.6. The first-order valence-corrected chi connectivity index (χ1v) is 8.52. The number of esters is 2. The van der Waals surface area contributed by atoms with E-state index in [1.165, 1.54) is 14.0 Å². The number of aromatic nitrogens is 1. The lowest BCUT2D eigenvalue weighted by molar-refractivity contribution is -0.148. The van der Waals surface area contributed by atoms with Crippen molar-refractivity contribution in [3.8, 4) is 5.75 Å². The second-order valence-electron chi connectivity index (χ2n) is 5.83. The fraction of sp³-hybridized carbons (Fsp3) is 0.316. The van der Waals surface area contributed by atoms with Crippen LogP contribution in [0.25, 0.3) is 0 Å². The number of hydrogen-bond acceptors (Lipinski definition) is 6. The van der Waals surface area contributed by atoms with Gasteiger partial charge in [-0.2, -0.15) is 0 Å². The molecule has 0 radical (unpaired) electrons. The second-order valence-corrected chi connectivity index (χ2v) is 6.24. The first-order chi connectivity index (χ1) is 12.8. The number of nitrogens with one attached hydrogen (secondary N) is 1. The maximum absolute atomic E-state index is 12.6. The number of methoxy groups -OCH3 is 1. The molecular weight excluding hydrogens is 374 g/mol. The van der Waals surface area contributed by atoms with E-state index in [1.807, 2.05) is 0 Å². The largest absolute Gasteiger partial charge is 0.480 e. The third-order valence-corrected chi connectivity index (χ3v) is 4.25. The van der Waals surface area contributed by atoms with Crippen molar-refractivity contribution in [1.29, 1.82) is 0 Å². The van der Waals surface area contributed by atoms with Gasteiger partial charge in [-0.15, -0.1) is 0 Å². The molecule has 0 aliphatic carbocycles. The number of aryl methyl sites for hydroxylation is 1. The minimum absolute atomic E-state index is 0.195. The Balaban J connectivity index is 2.02. The van der Waals surface area contributed by atoms with Gasteiger partial charge >= 0.3 is 11.9 Å². The van der Waals surface area contributed by atoms with Crippen LogP contribution in [-0.2, 0) is 14.3 Å². The van der Waals surface area contributed by atoms with E-state index < -0.39 is 30.4 Å². The number of rotatable bonds is 7. The molecule has 0 amide bonds. The summed E-state index contributed by atoms with van der Waals surface area (Å²) < 4.78 is 15.1. The molecule has 1 heterocycles. The number of Topliss-reactive ketones (excluding diaryl/α,β-unsaturated/α-hetero) is 1. The van der Waals surface area contributed by atoms with E-state index in [2.05, 4.69) is 4.98 Å². The number of ketones is 1. The summed E-state index contributed by atoms with van der Waals surface area (Å²) in [5, 5.41) is 0.363. The summed E-state index contributed by atoms with van der Waals surface area (Å²) in [6.45, 7) is 4.34. The fourth-order valence-electron chi connectivity index (χ4n) is 2.59. The first-order valence-electron chi connectivity index (χ1n) is 8.14. The van der Waals surface area contributed by atoms with Crippen molar-refractivity contribution in [2.45, 2.75) is 26.9 Å². The van der Waals surface area contributed by atoms with Crippen LogP contribution in [-0.4, -0.2) is 42.5 Å². The molecule has 1 N–H and O–H groups in total. The van der Waals surface area contributed by atoms with Crippen LogP contribution < -0.4 is 4.74 Å². The smallest absolute Gasteiger partial charge is 0.344 e. The lowest BCUT2D eigenvalue weighted by atomic mass is 10.1. The van der Waals surface area contributed by atoms with E-state index in [0.717, 1.165) is 0 Å². The van der Waals surface area contributed by atoms with Crippen molar-refractivity contribution in [3.05, 3.63) is 51.8 Å². The Bertz CT molecular complexity index is 873. The molecule has 0 spiro atoms. The fourth-order valence-corrected chi connectivity index (χ4v) is 2.78. The van der Waals surface area contributed by atoms with Crippen molar-refractivity contribution in [2.24, 2.45) is 0 Å². The molecule has 144 valence electrons. The van der Waals surface area contributed by atoms with Gasteiger partial charge in [-0.1, -0.05) is 23.7 Å². The Morgan fingerprint density at radius 3 is 2.48 bits per heavy atom. The number of para-hydroxylation sites is 1. The Hall–Kier alpha value is -2.80. The third kappa shape index (κ3) is 4.68. The topological polar surface area (TPSA) is 94.7 Å². The van der Waals surface area contributed by atoms with Crippen LogP contribution in [0.4, 0.5) is 0 Å². The highest BCUT2D eigenvalue weighted by atomic mass is 35.5. The van der Waals surface area contributed by atoms with Crippen molar-refractivity contribution in [2.75, 3.05) is 13.7 Å². The SMILES string of the molecule is COC(=O)c1c(C)[nH]c(C(=O)[C@H](C)OC(=O)COc2ccccc2Cl)c1C. The number of hydrogen-bond donors (Lipinski definition) is 1. The Morgan fingerprint density at radius 2 is 1.85 bits per heavy atom. The summed E-state index contributed by atoms with van der Waals surface area (Å²) in [7, 11) is 1.26. The number of halogens is 1. The van der Waals surface area contributed by atoms with Gasteiger partial charge in [0.15, 0.2) is 12.7 Å². The van der Waals surface area contributed by atoms with Crippen LogP contribution in [0, 0.1) is 13.8 Å². The summed E-state index contributed by atoms with van der Waals surface area (Å²) in [6.07, 6.45) is -1.06. The molecule has 2 aromatic rings. The van der Waals surface area contributed by atoms with Crippen LogP contribution in [0.3, 0.4) is 0 Å². The quantitative estimate of drug-likeness (QED) is 0.573. The molecule has 0 aliphatic heterocycles. The summed E-state index contributed by atoms with van der Waals surface area (Å²) in [6, 6.07) is 6.69. The zero-order valence-corrected chi connectivity index (χ0v) is 16.2. The van der Waals surface area contributed by atoms with Gasteiger partial charge in [-0.25, -0.2) is 9.59 Å². The molecule has 0 fully saturated rings. The van der Waals surface area contributed by atoms with Crippen LogP contribution >= 0.6 is 11.6 Å². The Kier molecular flexibility index (Phi) is 6.63. The summed E-state index contributed by atoms with van der Waals surface area (Å²) in [5.41, 5.74) is 1.43. The van der Waals surface area contributed by atoms with Gasteiger partial charge in [0.05, 0.1) is 23.4 Å². The number of carbonyl (C=O) groups is 3. The molecule has 1 atom stereocenters. The molecule has 7 nitrogen and oxygen atoms in total. The van der Waals surface area contributed by atoms with E-state index in [1.54, 1.807) is 38.1 Å². The molecular formula is C19H20ClNO6. The minimum Gasteiger partial charge on any atom is -0.480 e. The summed E-state index contributed by atoms with van der Waals surface area (Å²) in [4.78, 5) is 39.2. The minimum atomic E-state index is -1.06. The number of H-pyrrole nitrogens is 1. The predicted octanol–water partition coefficient (Wildman–Crippen LogP) is 3.26. The highest BCUT2D eigenvalue weighted by Crippen LogP contribution is 2.23.